The van der Waals surface area contributed by atoms with Crippen LogP contribution in [0.25, 0.3) is 0 Å². The van der Waals surface area contributed by atoms with Crippen molar-refractivity contribution in [3.63, 3.8) is 0 Å². The van der Waals surface area contributed by atoms with E-state index in [9.17, 15) is 4.79 Å². The predicted octanol–water partition coefficient (Wildman–Crippen LogP) is 3.07. The lowest BCUT2D eigenvalue weighted by Crippen LogP contribution is -2.17. The van der Waals surface area contributed by atoms with Gasteiger partial charge in [-0.15, -0.1) is 0 Å². The van der Waals surface area contributed by atoms with Gasteiger partial charge in [-0.3, -0.25) is 0 Å². The molecule has 2 aromatic rings. The fourth-order valence-corrected chi connectivity index (χ4v) is 1.59. The summed E-state index contributed by atoms with van der Waals surface area (Å²) in [5, 5.41) is 0. The van der Waals surface area contributed by atoms with Gasteiger partial charge in [0.2, 0.25) is 0 Å². The maximum absolute atomic E-state index is 11.6. The molecular weight excluding hydrogens is 256 g/mol. The van der Waals surface area contributed by atoms with Gasteiger partial charge in [0.25, 0.3) is 0 Å². The molecule has 0 heterocycles. The minimum atomic E-state index is -0.440. The molecule has 0 fully saturated rings. The van der Waals surface area contributed by atoms with Crippen LogP contribution in [0.4, 0.5) is 0 Å². The van der Waals surface area contributed by atoms with E-state index in [4.69, 9.17) is 14.2 Å². The summed E-state index contributed by atoms with van der Waals surface area (Å²) < 4.78 is 15.8. The normalized spacial score (nSPS) is 9.85. The number of hydrogen-bond acceptors (Lipinski definition) is 4. The number of carbonyl (C=O) groups excluding carboxylic acids is 1. The molecule has 0 saturated heterocycles. The van der Waals surface area contributed by atoms with Crippen molar-refractivity contribution in [3.05, 3.63) is 54.6 Å². The second-order valence-electron chi connectivity index (χ2n) is 3.98. The van der Waals surface area contributed by atoms with Crippen molar-refractivity contribution in [1.82, 2.24) is 0 Å². The van der Waals surface area contributed by atoms with Crippen molar-refractivity contribution in [2.75, 3.05) is 13.2 Å². The second kappa shape index (κ2) is 7.19. The van der Waals surface area contributed by atoms with Crippen LogP contribution in [0.15, 0.2) is 54.6 Å². The Bertz CT molecular complexity index is 534. The van der Waals surface area contributed by atoms with Crippen LogP contribution in [0.5, 0.6) is 17.2 Å². The first-order valence-electron chi connectivity index (χ1n) is 6.39. The van der Waals surface area contributed by atoms with Crippen LogP contribution in [0.2, 0.25) is 0 Å². The molecule has 0 radical (unpaired) electrons. The third-order valence-corrected chi connectivity index (χ3v) is 2.47. The summed E-state index contributed by atoms with van der Waals surface area (Å²) >= 11 is 0. The Kier molecular flexibility index (Phi) is 5.00. The summed E-state index contributed by atoms with van der Waals surface area (Å²) in [5.41, 5.74) is 0. The van der Waals surface area contributed by atoms with Crippen molar-refractivity contribution in [2.24, 2.45) is 0 Å². The smallest absolute Gasteiger partial charge is 0.349 e. The topological polar surface area (TPSA) is 44.8 Å². The van der Waals surface area contributed by atoms with Crippen LogP contribution >= 0.6 is 0 Å². The first-order valence-corrected chi connectivity index (χ1v) is 6.39. The second-order valence-corrected chi connectivity index (χ2v) is 3.98. The number of benzene rings is 2. The fourth-order valence-electron chi connectivity index (χ4n) is 1.59. The Morgan fingerprint density at radius 2 is 1.45 bits per heavy atom. The van der Waals surface area contributed by atoms with Gasteiger partial charge in [-0.1, -0.05) is 18.2 Å². The minimum absolute atomic E-state index is 0.136. The summed E-state index contributed by atoms with van der Waals surface area (Å²) in [7, 11) is 0. The summed E-state index contributed by atoms with van der Waals surface area (Å²) in [5.74, 6) is 1.43. The van der Waals surface area contributed by atoms with Crippen LogP contribution in [0, 0.1) is 0 Å². The average Bonchev–Trinajstić information content (AvgIpc) is 2.48. The maximum Gasteiger partial charge on any atom is 0.349 e. The molecule has 104 valence electrons. The van der Waals surface area contributed by atoms with Gasteiger partial charge in [0.1, 0.15) is 17.2 Å². The summed E-state index contributed by atoms with van der Waals surface area (Å²) in [6.45, 7) is 2.40. The molecule has 0 aliphatic heterocycles. The van der Waals surface area contributed by atoms with E-state index in [0.717, 1.165) is 5.75 Å². The van der Waals surface area contributed by atoms with Crippen LogP contribution in [-0.2, 0) is 4.79 Å². The van der Waals surface area contributed by atoms with Crippen molar-refractivity contribution in [1.29, 1.82) is 0 Å². The molecule has 0 aliphatic rings. The zero-order chi connectivity index (χ0) is 14.2. The molecule has 0 amide bonds. The van der Waals surface area contributed by atoms with Gasteiger partial charge in [0.05, 0.1) is 6.61 Å². The maximum atomic E-state index is 11.6. The highest BCUT2D eigenvalue weighted by atomic mass is 16.6. The lowest BCUT2D eigenvalue weighted by Gasteiger charge is -2.07. The summed E-state index contributed by atoms with van der Waals surface area (Å²) in [6, 6.07) is 16.0. The molecule has 0 bridgehead atoms. The number of para-hydroxylation sites is 1. The van der Waals surface area contributed by atoms with Crippen molar-refractivity contribution >= 4 is 5.97 Å². The molecule has 20 heavy (non-hydrogen) atoms. The average molecular weight is 272 g/mol. The van der Waals surface area contributed by atoms with E-state index >= 15 is 0 Å². The molecule has 0 atom stereocenters. The van der Waals surface area contributed by atoms with Crippen LogP contribution in [0.1, 0.15) is 6.92 Å². The van der Waals surface area contributed by atoms with Crippen molar-refractivity contribution in [2.45, 2.75) is 6.92 Å². The van der Waals surface area contributed by atoms with E-state index in [0.29, 0.717) is 18.1 Å². The highest BCUT2D eigenvalue weighted by molar-refractivity contribution is 5.73. The number of esters is 1. The monoisotopic (exact) mass is 272 g/mol. The third-order valence-electron chi connectivity index (χ3n) is 2.47. The van der Waals surface area contributed by atoms with E-state index in [2.05, 4.69) is 0 Å². The Labute approximate surface area is 117 Å². The van der Waals surface area contributed by atoms with Gasteiger partial charge in [-0.25, -0.2) is 4.79 Å². The zero-order valence-electron chi connectivity index (χ0n) is 11.2. The first-order chi connectivity index (χ1) is 9.78. The van der Waals surface area contributed by atoms with E-state index in [1.807, 2.05) is 13.0 Å². The van der Waals surface area contributed by atoms with Crippen LogP contribution in [0.3, 0.4) is 0 Å². The number of ether oxygens (including phenoxy) is 3. The number of carbonyl (C=O) groups is 1. The summed E-state index contributed by atoms with van der Waals surface area (Å²) in [6.07, 6.45) is 0. The van der Waals surface area contributed by atoms with E-state index in [1.54, 1.807) is 48.5 Å². The molecule has 4 heteroatoms. The molecule has 0 unspecified atom stereocenters. The fraction of sp³-hybridized carbons (Fsp3) is 0.188. The Hall–Kier alpha value is -2.49. The van der Waals surface area contributed by atoms with E-state index < -0.39 is 5.97 Å². The van der Waals surface area contributed by atoms with Gasteiger partial charge in [-0.2, -0.15) is 0 Å². The standard InChI is InChI=1S/C16H16O4/c1-2-18-13-8-10-14(11-9-13)19-12-16(17)20-15-6-4-3-5-7-15/h3-11H,2,12H2,1H3. The van der Waals surface area contributed by atoms with Gasteiger partial charge in [-0.05, 0) is 43.3 Å². The molecule has 0 spiro atoms. The number of rotatable bonds is 6. The summed E-state index contributed by atoms with van der Waals surface area (Å²) in [4.78, 5) is 11.6. The van der Waals surface area contributed by atoms with Gasteiger partial charge in [0.15, 0.2) is 6.61 Å². The zero-order valence-corrected chi connectivity index (χ0v) is 11.2. The molecular formula is C16H16O4. The largest absolute Gasteiger partial charge is 0.494 e. The van der Waals surface area contributed by atoms with Crippen LogP contribution < -0.4 is 14.2 Å². The van der Waals surface area contributed by atoms with E-state index in [-0.39, 0.29) is 6.61 Å². The third kappa shape index (κ3) is 4.31. The lowest BCUT2D eigenvalue weighted by molar-refractivity contribution is -0.136. The van der Waals surface area contributed by atoms with Gasteiger partial charge >= 0.3 is 5.97 Å². The quantitative estimate of drug-likeness (QED) is 0.599. The first kappa shape index (κ1) is 13.9. The molecule has 0 N–H and O–H groups in total. The van der Waals surface area contributed by atoms with Crippen molar-refractivity contribution in [3.8, 4) is 17.2 Å². The predicted molar refractivity (Wildman–Crippen MR) is 75.2 cm³/mol. The van der Waals surface area contributed by atoms with Crippen LogP contribution in [-0.4, -0.2) is 19.2 Å². The van der Waals surface area contributed by atoms with E-state index in [1.165, 1.54) is 0 Å². The van der Waals surface area contributed by atoms with Crippen molar-refractivity contribution < 1.29 is 19.0 Å². The molecule has 2 aromatic carbocycles. The number of hydrogen-bond donors (Lipinski definition) is 0. The molecule has 0 aliphatic carbocycles. The van der Waals surface area contributed by atoms with Gasteiger partial charge in [0, 0.05) is 0 Å². The highest BCUT2D eigenvalue weighted by Gasteiger charge is 2.05. The SMILES string of the molecule is CCOc1ccc(OCC(=O)Oc2ccccc2)cc1. The minimum Gasteiger partial charge on any atom is -0.494 e. The molecule has 4 nitrogen and oxygen atoms in total. The Morgan fingerprint density at radius 3 is 2.05 bits per heavy atom. The Balaban J connectivity index is 1.81. The molecule has 0 saturated carbocycles. The Morgan fingerprint density at radius 1 is 0.850 bits per heavy atom. The highest BCUT2D eigenvalue weighted by Crippen LogP contribution is 2.17. The lowest BCUT2D eigenvalue weighted by atomic mass is 10.3. The molecule has 0 aromatic heterocycles. The molecule has 2 rings (SSSR count). The van der Waals surface area contributed by atoms with Gasteiger partial charge < -0.3 is 14.2 Å².